The maximum Gasteiger partial charge on any atom is 0.235 e. The van der Waals surface area contributed by atoms with Gasteiger partial charge >= 0.3 is 0 Å². The van der Waals surface area contributed by atoms with Crippen molar-refractivity contribution < 1.29 is 9.53 Å². The maximum atomic E-state index is 11.0. The summed E-state index contributed by atoms with van der Waals surface area (Å²) in [4.78, 5) is 11.0. The summed E-state index contributed by atoms with van der Waals surface area (Å²) in [5.74, 6) is -0.112. The fourth-order valence-corrected chi connectivity index (χ4v) is 1.42. The second-order valence-corrected chi connectivity index (χ2v) is 3.63. The van der Waals surface area contributed by atoms with Gasteiger partial charge in [0.2, 0.25) is 5.91 Å². The van der Waals surface area contributed by atoms with E-state index < -0.39 is 0 Å². The summed E-state index contributed by atoms with van der Waals surface area (Å²) in [6, 6.07) is 0. The highest BCUT2D eigenvalue weighted by molar-refractivity contribution is 6.27. The molecular formula is C8H14ClNO2. The van der Waals surface area contributed by atoms with Crippen LogP contribution in [0.1, 0.15) is 20.3 Å². The van der Waals surface area contributed by atoms with E-state index in [1.165, 1.54) is 0 Å². The Morgan fingerprint density at radius 3 is 2.92 bits per heavy atom. The lowest BCUT2D eigenvalue weighted by molar-refractivity contribution is -0.121. The third-order valence-corrected chi connectivity index (χ3v) is 2.68. The van der Waals surface area contributed by atoms with Crippen molar-refractivity contribution in [2.75, 3.05) is 12.5 Å². The Hall–Kier alpha value is -0.280. The molecule has 0 radical (unpaired) electrons. The minimum atomic E-state index is -0.230. The van der Waals surface area contributed by atoms with Crippen LogP contribution in [-0.4, -0.2) is 30.0 Å². The molecule has 2 unspecified atom stereocenters. The molecule has 1 fully saturated rings. The molecule has 1 aliphatic heterocycles. The molecule has 3 nitrogen and oxygen atoms in total. The van der Waals surface area contributed by atoms with Crippen LogP contribution in [0, 0.1) is 0 Å². The normalized spacial score (nSPS) is 35.1. The van der Waals surface area contributed by atoms with Crippen molar-refractivity contribution in [1.82, 2.24) is 5.32 Å². The van der Waals surface area contributed by atoms with Crippen LogP contribution in [0.25, 0.3) is 0 Å². The Labute approximate surface area is 77.4 Å². The van der Waals surface area contributed by atoms with Gasteiger partial charge in [0.25, 0.3) is 0 Å². The number of ether oxygens (including phenoxy) is 1. The number of carbonyl (C=O) groups excluding carboxylic acids is 1. The Balaban J connectivity index is 2.53. The smallest absolute Gasteiger partial charge is 0.235 e. The number of hydrogen-bond acceptors (Lipinski definition) is 2. The lowest BCUT2D eigenvalue weighted by Crippen LogP contribution is -2.51. The molecule has 0 saturated carbocycles. The summed E-state index contributed by atoms with van der Waals surface area (Å²) < 4.78 is 5.36. The standard InChI is InChI=1S/C8H14ClNO2/c1-6-8(2,3-4-12-6)10-7(11)5-9/h6H,3-5H2,1-2H3,(H,10,11). The van der Waals surface area contributed by atoms with E-state index >= 15 is 0 Å². The van der Waals surface area contributed by atoms with Gasteiger partial charge in [-0.3, -0.25) is 4.79 Å². The number of rotatable bonds is 2. The molecule has 2 atom stereocenters. The van der Waals surface area contributed by atoms with Gasteiger partial charge in [0, 0.05) is 6.61 Å². The highest BCUT2D eigenvalue weighted by Crippen LogP contribution is 2.24. The monoisotopic (exact) mass is 191 g/mol. The zero-order valence-electron chi connectivity index (χ0n) is 7.39. The van der Waals surface area contributed by atoms with E-state index in [9.17, 15) is 4.79 Å². The lowest BCUT2D eigenvalue weighted by atomic mass is 9.95. The second-order valence-electron chi connectivity index (χ2n) is 3.36. The van der Waals surface area contributed by atoms with Crippen molar-refractivity contribution in [3.05, 3.63) is 0 Å². The SMILES string of the molecule is CC1OCCC1(C)NC(=O)CCl. The zero-order chi connectivity index (χ0) is 9.19. The van der Waals surface area contributed by atoms with Crippen molar-refractivity contribution in [1.29, 1.82) is 0 Å². The van der Waals surface area contributed by atoms with Crippen LogP contribution in [0.4, 0.5) is 0 Å². The van der Waals surface area contributed by atoms with Crippen LogP contribution in [-0.2, 0) is 9.53 Å². The number of carbonyl (C=O) groups is 1. The molecule has 0 spiro atoms. The maximum absolute atomic E-state index is 11.0. The van der Waals surface area contributed by atoms with E-state index in [0.29, 0.717) is 6.61 Å². The zero-order valence-corrected chi connectivity index (χ0v) is 8.15. The Morgan fingerprint density at radius 1 is 1.83 bits per heavy atom. The first-order chi connectivity index (χ1) is 5.58. The number of amides is 1. The van der Waals surface area contributed by atoms with Gasteiger partial charge in [-0.05, 0) is 20.3 Å². The average molecular weight is 192 g/mol. The Morgan fingerprint density at radius 2 is 2.50 bits per heavy atom. The van der Waals surface area contributed by atoms with Gasteiger partial charge in [-0.25, -0.2) is 0 Å². The largest absolute Gasteiger partial charge is 0.376 e. The summed E-state index contributed by atoms with van der Waals surface area (Å²) in [6.07, 6.45) is 0.932. The van der Waals surface area contributed by atoms with Crippen LogP contribution >= 0.6 is 11.6 Å². The van der Waals surface area contributed by atoms with Crippen LogP contribution < -0.4 is 5.32 Å². The van der Waals surface area contributed by atoms with Crippen molar-refractivity contribution >= 4 is 17.5 Å². The third kappa shape index (κ3) is 1.90. The van der Waals surface area contributed by atoms with Gasteiger partial charge in [0.05, 0.1) is 11.6 Å². The predicted molar refractivity (Wildman–Crippen MR) is 47.3 cm³/mol. The summed E-state index contributed by atoms with van der Waals surface area (Å²) in [6.45, 7) is 4.65. The molecule has 0 aromatic heterocycles. The molecule has 1 N–H and O–H groups in total. The molecule has 12 heavy (non-hydrogen) atoms. The number of nitrogens with one attached hydrogen (secondary N) is 1. The van der Waals surface area contributed by atoms with Crippen LogP contribution in [0.5, 0.6) is 0 Å². The highest BCUT2D eigenvalue weighted by atomic mass is 35.5. The van der Waals surface area contributed by atoms with Crippen LogP contribution in [0.15, 0.2) is 0 Å². The Bertz CT molecular complexity index is 186. The van der Waals surface area contributed by atoms with Gasteiger partial charge in [-0.15, -0.1) is 11.6 Å². The first-order valence-corrected chi connectivity index (χ1v) is 4.60. The quantitative estimate of drug-likeness (QED) is 0.659. The van der Waals surface area contributed by atoms with Crippen molar-refractivity contribution in [2.45, 2.75) is 31.9 Å². The minimum Gasteiger partial charge on any atom is -0.376 e. The molecule has 70 valence electrons. The summed E-state index contributed by atoms with van der Waals surface area (Å²) in [5.41, 5.74) is -0.230. The molecule has 0 bridgehead atoms. The van der Waals surface area contributed by atoms with E-state index in [1.807, 2.05) is 13.8 Å². The first kappa shape index (κ1) is 9.81. The molecular weight excluding hydrogens is 178 g/mol. The van der Waals surface area contributed by atoms with Crippen LogP contribution in [0.2, 0.25) is 0 Å². The molecule has 1 aliphatic rings. The number of alkyl halides is 1. The van der Waals surface area contributed by atoms with E-state index in [-0.39, 0.29) is 23.4 Å². The van der Waals surface area contributed by atoms with Crippen LogP contribution in [0.3, 0.4) is 0 Å². The minimum absolute atomic E-state index is 0.0162. The molecule has 1 amide bonds. The van der Waals surface area contributed by atoms with Gasteiger partial charge in [0.15, 0.2) is 0 Å². The number of hydrogen-bond donors (Lipinski definition) is 1. The molecule has 0 aromatic rings. The van der Waals surface area contributed by atoms with Gasteiger partial charge in [0.1, 0.15) is 5.88 Å². The average Bonchev–Trinajstić information content (AvgIpc) is 2.32. The fraction of sp³-hybridized carbons (Fsp3) is 0.875. The number of halogens is 1. The lowest BCUT2D eigenvalue weighted by Gasteiger charge is -2.28. The topological polar surface area (TPSA) is 38.3 Å². The third-order valence-electron chi connectivity index (χ3n) is 2.43. The van der Waals surface area contributed by atoms with E-state index in [0.717, 1.165) is 6.42 Å². The summed E-state index contributed by atoms with van der Waals surface area (Å²) in [7, 11) is 0. The van der Waals surface area contributed by atoms with E-state index in [1.54, 1.807) is 0 Å². The van der Waals surface area contributed by atoms with Gasteiger partial charge in [-0.1, -0.05) is 0 Å². The van der Waals surface area contributed by atoms with Gasteiger partial charge < -0.3 is 10.1 Å². The molecule has 1 rings (SSSR count). The molecule has 4 heteroatoms. The molecule has 1 saturated heterocycles. The summed E-state index contributed by atoms with van der Waals surface area (Å²) >= 11 is 5.39. The molecule has 0 aliphatic carbocycles. The van der Waals surface area contributed by atoms with E-state index in [2.05, 4.69) is 5.32 Å². The Kier molecular flexibility index (Phi) is 2.96. The van der Waals surface area contributed by atoms with E-state index in [4.69, 9.17) is 16.3 Å². The van der Waals surface area contributed by atoms with Crippen molar-refractivity contribution in [3.63, 3.8) is 0 Å². The van der Waals surface area contributed by atoms with Crippen molar-refractivity contribution in [3.8, 4) is 0 Å². The molecule has 1 heterocycles. The second kappa shape index (κ2) is 3.62. The van der Waals surface area contributed by atoms with Crippen molar-refractivity contribution in [2.24, 2.45) is 0 Å². The van der Waals surface area contributed by atoms with Gasteiger partial charge in [-0.2, -0.15) is 0 Å². The predicted octanol–water partition coefficient (Wildman–Crippen LogP) is 0.909. The summed E-state index contributed by atoms with van der Waals surface area (Å²) in [5, 5.41) is 2.86. The highest BCUT2D eigenvalue weighted by Gasteiger charge is 2.37. The fourth-order valence-electron chi connectivity index (χ4n) is 1.35. The molecule has 0 aromatic carbocycles. The first-order valence-electron chi connectivity index (χ1n) is 4.07.